The van der Waals surface area contributed by atoms with Crippen molar-refractivity contribution < 1.29 is 13.9 Å². The molecule has 6 heteroatoms. The molecule has 1 aromatic carbocycles. The molecule has 0 unspecified atom stereocenters. The fraction of sp³-hybridized carbons (Fsp3) is 0.474. The predicted octanol–water partition coefficient (Wildman–Crippen LogP) is 2.02. The molecule has 0 bridgehead atoms. The number of carbonyl (C=O) groups excluding carboxylic acids is 1. The molecule has 1 aliphatic heterocycles. The monoisotopic (exact) mass is 344 g/mol. The van der Waals surface area contributed by atoms with Gasteiger partial charge in [-0.1, -0.05) is 19.1 Å². The van der Waals surface area contributed by atoms with Crippen molar-refractivity contribution in [2.75, 3.05) is 32.8 Å². The Bertz CT molecular complexity index is 810. The molecular formula is C19H24N2O4. The standard InChI is InChI=1S/C19H24N2O4/c1-3-19(2,21-8-10-24-11-9-21)13-20-18(23)17-12-15(22)14-6-4-5-7-16(14)25-17/h4-7,12H,3,8-11,13H2,1-2H3,(H,20,23)/t19-/m1/s1. The summed E-state index contributed by atoms with van der Waals surface area (Å²) in [5.74, 6) is -0.320. The van der Waals surface area contributed by atoms with Crippen LogP contribution in [-0.4, -0.2) is 49.2 Å². The van der Waals surface area contributed by atoms with E-state index in [2.05, 4.69) is 24.1 Å². The Morgan fingerprint density at radius 3 is 2.72 bits per heavy atom. The highest BCUT2D eigenvalue weighted by molar-refractivity contribution is 5.93. The van der Waals surface area contributed by atoms with Crippen LogP contribution in [0.3, 0.4) is 0 Å². The van der Waals surface area contributed by atoms with Gasteiger partial charge in [-0.15, -0.1) is 0 Å². The van der Waals surface area contributed by atoms with E-state index in [1.165, 1.54) is 6.07 Å². The second kappa shape index (κ2) is 7.37. The third-order valence-corrected chi connectivity index (χ3v) is 5.02. The normalized spacial score (nSPS) is 18.0. The van der Waals surface area contributed by atoms with E-state index in [4.69, 9.17) is 9.15 Å². The minimum absolute atomic E-state index is 0.0455. The quantitative estimate of drug-likeness (QED) is 0.898. The Labute approximate surface area is 146 Å². The molecule has 0 saturated carbocycles. The zero-order valence-corrected chi connectivity index (χ0v) is 14.7. The molecule has 1 aliphatic rings. The highest BCUT2D eigenvalue weighted by Gasteiger charge is 2.32. The molecule has 0 radical (unpaired) electrons. The lowest BCUT2D eigenvalue weighted by molar-refractivity contribution is -0.0170. The van der Waals surface area contributed by atoms with Gasteiger partial charge in [0.05, 0.1) is 18.6 Å². The molecule has 1 amide bonds. The first-order chi connectivity index (χ1) is 12.0. The van der Waals surface area contributed by atoms with Gasteiger partial charge in [-0.05, 0) is 25.5 Å². The molecule has 6 nitrogen and oxygen atoms in total. The molecule has 2 heterocycles. The molecule has 0 aliphatic carbocycles. The van der Waals surface area contributed by atoms with Crippen LogP contribution in [0, 0.1) is 0 Å². The Kier molecular flexibility index (Phi) is 5.20. The zero-order valence-electron chi connectivity index (χ0n) is 14.7. The van der Waals surface area contributed by atoms with E-state index in [-0.39, 0.29) is 22.6 Å². The predicted molar refractivity (Wildman–Crippen MR) is 95.9 cm³/mol. The maximum atomic E-state index is 12.5. The van der Waals surface area contributed by atoms with Crippen LogP contribution in [0.5, 0.6) is 0 Å². The average Bonchev–Trinajstić information content (AvgIpc) is 2.66. The number of hydrogen-bond donors (Lipinski definition) is 1. The lowest BCUT2D eigenvalue weighted by Gasteiger charge is -2.43. The summed E-state index contributed by atoms with van der Waals surface area (Å²) in [5.41, 5.74) is 0.0568. The number of hydrogen-bond acceptors (Lipinski definition) is 5. The molecule has 1 N–H and O–H groups in total. The number of rotatable bonds is 5. The molecular weight excluding hydrogens is 320 g/mol. The lowest BCUT2D eigenvalue weighted by atomic mass is 9.95. The van der Waals surface area contributed by atoms with Crippen LogP contribution >= 0.6 is 0 Å². The molecule has 1 atom stereocenters. The van der Waals surface area contributed by atoms with Gasteiger partial charge in [-0.2, -0.15) is 0 Å². The van der Waals surface area contributed by atoms with Gasteiger partial charge in [-0.3, -0.25) is 14.5 Å². The topological polar surface area (TPSA) is 71.8 Å². The van der Waals surface area contributed by atoms with Crippen molar-refractivity contribution in [3.63, 3.8) is 0 Å². The minimum atomic E-state index is -0.365. The van der Waals surface area contributed by atoms with Crippen LogP contribution < -0.4 is 10.7 Å². The van der Waals surface area contributed by atoms with Crippen molar-refractivity contribution in [3.05, 3.63) is 46.3 Å². The number of para-hydroxylation sites is 1. The summed E-state index contributed by atoms with van der Waals surface area (Å²) >= 11 is 0. The van der Waals surface area contributed by atoms with E-state index in [1.54, 1.807) is 24.3 Å². The van der Waals surface area contributed by atoms with E-state index < -0.39 is 0 Å². The summed E-state index contributed by atoms with van der Waals surface area (Å²) in [6.07, 6.45) is 0.898. The number of morpholine rings is 1. The van der Waals surface area contributed by atoms with E-state index in [0.717, 1.165) is 19.5 Å². The van der Waals surface area contributed by atoms with Gasteiger partial charge < -0.3 is 14.5 Å². The van der Waals surface area contributed by atoms with Gasteiger partial charge in [0, 0.05) is 31.2 Å². The van der Waals surface area contributed by atoms with Gasteiger partial charge >= 0.3 is 0 Å². The van der Waals surface area contributed by atoms with Crippen molar-refractivity contribution >= 4 is 16.9 Å². The van der Waals surface area contributed by atoms with E-state index in [0.29, 0.717) is 30.7 Å². The molecule has 3 rings (SSSR count). The summed E-state index contributed by atoms with van der Waals surface area (Å²) in [4.78, 5) is 27.0. The summed E-state index contributed by atoms with van der Waals surface area (Å²) < 4.78 is 11.0. The summed E-state index contributed by atoms with van der Waals surface area (Å²) in [7, 11) is 0. The van der Waals surface area contributed by atoms with Crippen LogP contribution in [0.15, 0.2) is 39.5 Å². The van der Waals surface area contributed by atoms with Gasteiger partial charge in [0.15, 0.2) is 11.2 Å². The summed E-state index contributed by atoms with van der Waals surface area (Å²) in [5, 5.41) is 3.40. The Hall–Kier alpha value is -2.18. The van der Waals surface area contributed by atoms with E-state index in [1.807, 2.05) is 0 Å². The molecule has 25 heavy (non-hydrogen) atoms. The molecule has 134 valence electrons. The maximum Gasteiger partial charge on any atom is 0.287 e. The molecule has 2 aromatic rings. The average molecular weight is 344 g/mol. The number of ether oxygens (including phenoxy) is 1. The summed E-state index contributed by atoms with van der Waals surface area (Å²) in [6, 6.07) is 8.19. The first-order valence-corrected chi connectivity index (χ1v) is 8.67. The van der Waals surface area contributed by atoms with Crippen LogP contribution in [0.1, 0.15) is 30.8 Å². The number of amides is 1. The Morgan fingerprint density at radius 2 is 2.00 bits per heavy atom. The van der Waals surface area contributed by atoms with Crippen LogP contribution in [0.4, 0.5) is 0 Å². The number of carbonyl (C=O) groups is 1. The van der Waals surface area contributed by atoms with Crippen LogP contribution in [-0.2, 0) is 4.74 Å². The first-order valence-electron chi connectivity index (χ1n) is 8.67. The van der Waals surface area contributed by atoms with Crippen molar-refractivity contribution in [1.82, 2.24) is 10.2 Å². The van der Waals surface area contributed by atoms with Crippen LogP contribution in [0.2, 0.25) is 0 Å². The lowest BCUT2D eigenvalue weighted by Crippen LogP contribution is -2.56. The molecule has 1 saturated heterocycles. The number of nitrogens with one attached hydrogen (secondary N) is 1. The number of fused-ring (bicyclic) bond motifs is 1. The Balaban J connectivity index is 1.74. The SMILES string of the molecule is CC[C@](C)(CNC(=O)c1cc(=O)c2ccccc2o1)N1CCOCC1. The molecule has 1 fully saturated rings. The largest absolute Gasteiger partial charge is 0.451 e. The van der Waals surface area contributed by atoms with Gasteiger partial charge in [-0.25, -0.2) is 0 Å². The molecule has 0 spiro atoms. The zero-order chi connectivity index (χ0) is 17.9. The fourth-order valence-electron chi connectivity index (χ4n) is 3.14. The van der Waals surface area contributed by atoms with Crippen molar-refractivity contribution in [1.29, 1.82) is 0 Å². The van der Waals surface area contributed by atoms with E-state index >= 15 is 0 Å². The third kappa shape index (κ3) is 3.75. The van der Waals surface area contributed by atoms with Crippen molar-refractivity contribution in [3.8, 4) is 0 Å². The molecule has 1 aromatic heterocycles. The highest BCUT2D eigenvalue weighted by Crippen LogP contribution is 2.20. The minimum Gasteiger partial charge on any atom is -0.451 e. The second-order valence-corrected chi connectivity index (χ2v) is 6.60. The number of nitrogens with zero attached hydrogens (tertiary/aromatic N) is 1. The number of benzene rings is 1. The van der Waals surface area contributed by atoms with Gasteiger partial charge in [0.2, 0.25) is 0 Å². The van der Waals surface area contributed by atoms with Crippen LogP contribution in [0.25, 0.3) is 11.0 Å². The maximum absolute atomic E-state index is 12.5. The Morgan fingerprint density at radius 1 is 1.28 bits per heavy atom. The smallest absolute Gasteiger partial charge is 0.287 e. The fourth-order valence-corrected chi connectivity index (χ4v) is 3.14. The van der Waals surface area contributed by atoms with Gasteiger partial charge in [0.1, 0.15) is 5.58 Å². The summed E-state index contributed by atoms with van der Waals surface area (Å²) in [6.45, 7) is 7.86. The third-order valence-electron chi connectivity index (χ3n) is 5.02. The first kappa shape index (κ1) is 17.6. The van der Waals surface area contributed by atoms with Crippen molar-refractivity contribution in [2.45, 2.75) is 25.8 Å². The van der Waals surface area contributed by atoms with Crippen molar-refractivity contribution in [2.24, 2.45) is 0 Å². The second-order valence-electron chi connectivity index (χ2n) is 6.60. The van der Waals surface area contributed by atoms with Gasteiger partial charge in [0.25, 0.3) is 5.91 Å². The highest BCUT2D eigenvalue weighted by atomic mass is 16.5. The van der Waals surface area contributed by atoms with E-state index in [9.17, 15) is 9.59 Å².